The number of carboxylic acids is 2. The number of hydrogen-bond acceptors (Lipinski definition) is 6. The fraction of sp³-hybridized carbons (Fsp3) is 0.176. The maximum Gasteiger partial charge on any atom is 0.335 e. The summed E-state index contributed by atoms with van der Waals surface area (Å²) >= 11 is 0. The van der Waals surface area contributed by atoms with E-state index in [0.29, 0.717) is 0 Å². The van der Waals surface area contributed by atoms with Crippen LogP contribution in [0.25, 0.3) is 10.8 Å². The zero-order valence-corrected chi connectivity index (χ0v) is 13.7. The van der Waals surface area contributed by atoms with Gasteiger partial charge in [0.25, 0.3) is 17.5 Å². The number of amides is 2. The number of aliphatic carboxylic acids is 1. The lowest BCUT2D eigenvalue weighted by Gasteiger charge is -2.27. The molecule has 2 aromatic rings. The lowest BCUT2D eigenvalue weighted by molar-refractivity contribution is -0.384. The van der Waals surface area contributed by atoms with Crippen molar-refractivity contribution in [3.05, 3.63) is 51.1 Å². The topological polar surface area (TPSA) is 155 Å². The number of imide groups is 1. The Morgan fingerprint density at radius 3 is 2.22 bits per heavy atom. The van der Waals surface area contributed by atoms with Crippen LogP contribution in [0.2, 0.25) is 0 Å². The fourth-order valence-electron chi connectivity index (χ4n) is 3.04. The van der Waals surface area contributed by atoms with Crippen molar-refractivity contribution >= 4 is 40.2 Å². The van der Waals surface area contributed by atoms with Crippen molar-refractivity contribution in [2.24, 2.45) is 0 Å². The number of carbonyl (C=O) groups excluding carboxylic acids is 2. The molecule has 0 fully saturated rings. The number of nitrogens with zero attached hydrogens (tertiary/aromatic N) is 2. The normalized spacial score (nSPS) is 13.1. The lowest BCUT2D eigenvalue weighted by atomic mass is 9.91. The van der Waals surface area contributed by atoms with Crippen molar-refractivity contribution in [1.29, 1.82) is 0 Å². The molecular weight excluding hydrogens is 360 g/mol. The van der Waals surface area contributed by atoms with Gasteiger partial charge in [-0.1, -0.05) is 0 Å². The van der Waals surface area contributed by atoms with Crippen LogP contribution in [0, 0.1) is 10.1 Å². The Hall–Kier alpha value is -3.82. The minimum atomic E-state index is -1.33. The maximum atomic E-state index is 12.7. The number of nitro benzene ring substituents is 1. The second kappa shape index (κ2) is 6.48. The van der Waals surface area contributed by atoms with Gasteiger partial charge < -0.3 is 10.2 Å². The highest BCUT2D eigenvalue weighted by Crippen LogP contribution is 2.34. The molecule has 3 rings (SSSR count). The Morgan fingerprint density at radius 1 is 1.04 bits per heavy atom. The highest BCUT2D eigenvalue weighted by atomic mass is 16.6. The molecule has 1 heterocycles. The van der Waals surface area contributed by atoms with E-state index >= 15 is 0 Å². The van der Waals surface area contributed by atoms with E-state index in [-0.39, 0.29) is 46.8 Å². The largest absolute Gasteiger partial charge is 0.481 e. The molecule has 0 radical (unpaired) electrons. The SMILES string of the molecule is O=C(O)CCCN1C(=O)c2cc(C(=O)O)cc3cc([N+](=O)[O-])cc(c23)C1=O. The summed E-state index contributed by atoms with van der Waals surface area (Å²) in [5, 5.41) is 29.4. The number of non-ortho nitro benzene ring substituents is 1. The molecule has 27 heavy (non-hydrogen) atoms. The van der Waals surface area contributed by atoms with E-state index in [1.165, 1.54) is 0 Å². The van der Waals surface area contributed by atoms with Crippen molar-refractivity contribution < 1.29 is 34.3 Å². The third-order valence-corrected chi connectivity index (χ3v) is 4.22. The lowest BCUT2D eigenvalue weighted by Crippen LogP contribution is -2.41. The van der Waals surface area contributed by atoms with Crippen molar-refractivity contribution in [3.8, 4) is 0 Å². The Kier molecular flexibility index (Phi) is 4.32. The van der Waals surface area contributed by atoms with E-state index in [9.17, 15) is 34.4 Å². The van der Waals surface area contributed by atoms with Crippen LogP contribution in [-0.2, 0) is 4.79 Å². The predicted octanol–water partition coefficient (Wildman–Crippen LogP) is 1.91. The first kappa shape index (κ1) is 18.0. The van der Waals surface area contributed by atoms with Gasteiger partial charge in [0.05, 0.1) is 16.1 Å². The van der Waals surface area contributed by atoms with Gasteiger partial charge in [-0.15, -0.1) is 0 Å². The van der Waals surface area contributed by atoms with Crippen LogP contribution in [0.1, 0.15) is 43.9 Å². The Labute approximate surface area is 150 Å². The Morgan fingerprint density at radius 2 is 1.67 bits per heavy atom. The first-order valence-corrected chi connectivity index (χ1v) is 7.78. The van der Waals surface area contributed by atoms with E-state index in [1.54, 1.807) is 0 Å². The minimum Gasteiger partial charge on any atom is -0.481 e. The molecular formula is C17H12N2O8. The summed E-state index contributed by atoms with van der Waals surface area (Å²) in [6, 6.07) is 4.41. The molecule has 0 saturated heterocycles. The van der Waals surface area contributed by atoms with Crippen molar-refractivity contribution in [3.63, 3.8) is 0 Å². The summed E-state index contributed by atoms with van der Waals surface area (Å²) in [6.07, 6.45) is -0.276. The molecule has 0 saturated carbocycles. The summed E-state index contributed by atoms with van der Waals surface area (Å²) in [5.74, 6) is -3.98. The van der Waals surface area contributed by atoms with Crippen molar-refractivity contribution in [2.45, 2.75) is 12.8 Å². The van der Waals surface area contributed by atoms with Crippen LogP contribution in [0.5, 0.6) is 0 Å². The highest BCUT2D eigenvalue weighted by Gasteiger charge is 2.35. The van der Waals surface area contributed by atoms with E-state index in [0.717, 1.165) is 29.2 Å². The molecule has 1 aliphatic rings. The standard InChI is InChI=1S/C17H12N2O8/c20-13(21)2-1-3-18-15(22)11-6-9(17(24)25)4-8-5-10(19(26)27)7-12(14(8)11)16(18)23/h4-7H,1-3H2,(H,20,21)(H,24,25). The zero-order valence-electron chi connectivity index (χ0n) is 13.7. The number of aromatic carboxylic acids is 1. The first-order valence-electron chi connectivity index (χ1n) is 7.78. The summed E-state index contributed by atoms with van der Waals surface area (Å²) in [5.41, 5.74) is -0.831. The Balaban J connectivity index is 2.21. The molecule has 2 N–H and O–H groups in total. The summed E-state index contributed by atoms with van der Waals surface area (Å²) in [6.45, 7) is -0.203. The summed E-state index contributed by atoms with van der Waals surface area (Å²) in [4.78, 5) is 58.7. The first-order chi connectivity index (χ1) is 12.7. The van der Waals surface area contributed by atoms with Crippen LogP contribution in [0.4, 0.5) is 5.69 Å². The molecule has 0 spiro atoms. The highest BCUT2D eigenvalue weighted by molar-refractivity contribution is 6.26. The number of hydrogen-bond donors (Lipinski definition) is 2. The summed E-state index contributed by atoms with van der Waals surface area (Å²) < 4.78 is 0. The number of nitro groups is 1. The molecule has 2 aromatic carbocycles. The molecule has 1 aliphatic heterocycles. The molecule has 0 aromatic heterocycles. The van der Waals surface area contributed by atoms with Crippen molar-refractivity contribution in [2.75, 3.05) is 6.54 Å². The summed E-state index contributed by atoms with van der Waals surface area (Å²) in [7, 11) is 0. The number of carbonyl (C=O) groups is 4. The van der Waals surface area contributed by atoms with Gasteiger partial charge in [0, 0.05) is 36.0 Å². The number of benzene rings is 2. The molecule has 0 aliphatic carbocycles. The van der Waals surface area contributed by atoms with Gasteiger partial charge in [-0.3, -0.25) is 29.4 Å². The second-order valence-corrected chi connectivity index (χ2v) is 5.94. The van der Waals surface area contributed by atoms with Crippen LogP contribution in [-0.4, -0.2) is 50.3 Å². The molecule has 0 atom stereocenters. The van der Waals surface area contributed by atoms with Crippen LogP contribution in [0.15, 0.2) is 24.3 Å². The van der Waals surface area contributed by atoms with Gasteiger partial charge in [0.1, 0.15) is 0 Å². The molecule has 0 unspecified atom stereocenters. The predicted molar refractivity (Wildman–Crippen MR) is 89.8 cm³/mol. The fourth-order valence-corrected chi connectivity index (χ4v) is 3.04. The Bertz CT molecular complexity index is 974. The molecule has 0 bridgehead atoms. The third-order valence-electron chi connectivity index (χ3n) is 4.22. The quantitative estimate of drug-likeness (QED) is 0.442. The number of rotatable bonds is 6. The van der Waals surface area contributed by atoms with Crippen LogP contribution in [0.3, 0.4) is 0 Å². The van der Waals surface area contributed by atoms with Gasteiger partial charge in [-0.25, -0.2) is 4.79 Å². The van der Waals surface area contributed by atoms with Gasteiger partial charge in [0.15, 0.2) is 0 Å². The second-order valence-electron chi connectivity index (χ2n) is 5.94. The molecule has 10 nitrogen and oxygen atoms in total. The van der Waals surface area contributed by atoms with Gasteiger partial charge in [-0.2, -0.15) is 0 Å². The van der Waals surface area contributed by atoms with Crippen LogP contribution < -0.4 is 0 Å². The van der Waals surface area contributed by atoms with E-state index < -0.39 is 34.4 Å². The smallest absolute Gasteiger partial charge is 0.335 e. The van der Waals surface area contributed by atoms with Gasteiger partial charge >= 0.3 is 11.9 Å². The average molecular weight is 372 g/mol. The van der Waals surface area contributed by atoms with Crippen LogP contribution >= 0.6 is 0 Å². The van der Waals surface area contributed by atoms with E-state index in [1.807, 2.05) is 0 Å². The maximum absolute atomic E-state index is 12.7. The van der Waals surface area contributed by atoms with E-state index in [2.05, 4.69) is 0 Å². The van der Waals surface area contributed by atoms with E-state index in [4.69, 9.17) is 5.11 Å². The van der Waals surface area contributed by atoms with Gasteiger partial charge in [-0.05, 0) is 23.9 Å². The molecule has 138 valence electrons. The average Bonchev–Trinajstić information content (AvgIpc) is 2.60. The monoisotopic (exact) mass is 372 g/mol. The third kappa shape index (κ3) is 3.08. The zero-order chi connectivity index (χ0) is 19.9. The van der Waals surface area contributed by atoms with Gasteiger partial charge in [0.2, 0.25) is 0 Å². The molecule has 10 heteroatoms. The number of carboxylic acid groups (broad SMARTS) is 2. The van der Waals surface area contributed by atoms with Crippen molar-refractivity contribution in [1.82, 2.24) is 4.90 Å². The molecule has 2 amide bonds. The minimum absolute atomic E-state index is 0.00115.